The van der Waals surface area contributed by atoms with Gasteiger partial charge in [0.2, 0.25) is 0 Å². The number of nitrogens with zero attached hydrogens (tertiary/aromatic N) is 1. The molecule has 1 aromatic carbocycles. The highest BCUT2D eigenvalue weighted by Crippen LogP contribution is 2.25. The van der Waals surface area contributed by atoms with E-state index in [1.165, 1.54) is 6.07 Å². The Morgan fingerprint density at radius 2 is 2.19 bits per heavy atom. The summed E-state index contributed by atoms with van der Waals surface area (Å²) in [6, 6.07) is 6.46. The number of halogens is 2. The van der Waals surface area contributed by atoms with Crippen molar-refractivity contribution >= 4 is 11.6 Å². The van der Waals surface area contributed by atoms with E-state index in [0.29, 0.717) is 23.5 Å². The second kappa shape index (κ2) is 7.38. The molecule has 0 saturated heterocycles. The summed E-state index contributed by atoms with van der Waals surface area (Å²) in [7, 11) is 0. The molecule has 0 fully saturated rings. The van der Waals surface area contributed by atoms with E-state index in [9.17, 15) is 9.50 Å². The van der Waals surface area contributed by atoms with Gasteiger partial charge >= 0.3 is 0 Å². The molecule has 0 spiro atoms. The highest BCUT2D eigenvalue weighted by atomic mass is 35.5. The molecule has 0 aliphatic rings. The minimum absolute atomic E-state index is 0.0536. The van der Waals surface area contributed by atoms with Crippen molar-refractivity contribution in [1.29, 1.82) is 0 Å². The molecule has 0 radical (unpaired) electrons. The average Bonchev–Trinajstić information content (AvgIpc) is 2.50. The van der Waals surface area contributed by atoms with Crippen molar-refractivity contribution in [2.75, 3.05) is 6.61 Å². The maximum absolute atomic E-state index is 13.8. The Balaban J connectivity index is 2.12. The summed E-state index contributed by atoms with van der Waals surface area (Å²) >= 11 is 5.74. The molecule has 1 N–H and O–H groups in total. The Kier molecular flexibility index (Phi) is 5.53. The van der Waals surface area contributed by atoms with Crippen molar-refractivity contribution in [3.8, 4) is 5.75 Å². The van der Waals surface area contributed by atoms with Crippen LogP contribution in [0.1, 0.15) is 30.6 Å². The van der Waals surface area contributed by atoms with E-state index in [0.717, 1.165) is 6.42 Å². The van der Waals surface area contributed by atoms with Crippen molar-refractivity contribution in [3.05, 3.63) is 58.6 Å². The van der Waals surface area contributed by atoms with Crippen LogP contribution in [0.5, 0.6) is 5.75 Å². The third-order valence-corrected chi connectivity index (χ3v) is 3.33. The Hall–Kier alpha value is -1.65. The Bertz CT molecular complexity index is 607. The van der Waals surface area contributed by atoms with E-state index in [-0.39, 0.29) is 11.4 Å². The number of hydrogen-bond donors (Lipinski definition) is 1. The first-order valence-corrected chi connectivity index (χ1v) is 7.18. The quantitative estimate of drug-likeness (QED) is 0.879. The van der Waals surface area contributed by atoms with Crippen molar-refractivity contribution in [2.45, 2.75) is 25.9 Å². The molecule has 21 heavy (non-hydrogen) atoms. The predicted octanol–water partition coefficient (Wildman–Crippen LogP) is 3.94. The number of aliphatic hydroxyl groups is 1. The van der Waals surface area contributed by atoms with E-state index in [1.54, 1.807) is 30.6 Å². The molecular weight excluding hydrogens is 293 g/mol. The van der Waals surface area contributed by atoms with Gasteiger partial charge in [0.15, 0.2) is 0 Å². The van der Waals surface area contributed by atoms with E-state index in [2.05, 4.69) is 4.98 Å². The number of rotatable bonds is 6. The van der Waals surface area contributed by atoms with Crippen molar-refractivity contribution in [1.82, 2.24) is 4.98 Å². The van der Waals surface area contributed by atoms with Gasteiger partial charge in [-0.2, -0.15) is 0 Å². The smallest absolute Gasteiger partial charge is 0.145 e. The zero-order valence-corrected chi connectivity index (χ0v) is 12.5. The maximum Gasteiger partial charge on any atom is 0.145 e. The summed E-state index contributed by atoms with van der Waals surface area (Å²) < 4.78 is 19.3. The molecule has 0 saturated carbocycles. The molecule has 1 atom stereocenters. The van der Waals surface area contributed by atoms with Gasteiger partial charge in [-0.1, -0.05) is 30.7 Å². The SMILES string of the molecule is CCCOc1cncc(C(O)Cc2cccc(Cl)c2F)c1. The van der Waals surface area contributed by atoms with Crippen molar-refractivity contribution in [3.63, 3.8) is 0 Å². The summed E-state index contributed by atoms with van der Waals surface area (Å²) in [4.78, 5) is 4.04. The van der Waals surface area contributed by atoms with E-state index in [1.807, 2.05) is 6.92 Å². The normalized spacial score (nSPS) is 12.2. The molecule has 0 amide bonds. The molecule has 2 aromatic rings. The molecule has 1 unspecified atom stereocenters. The summed E-state index contributed by atoms with van der Waals surface area (Å²) in [5, 5.41) is 10.3. The number of hydrogen-bond acceptors (Lipinski definition) is 3. The third-order valence-electron chi connectivity index (χ3n) is 3.04. The minimum Gasteiger partial charge on any atom is -0.492 e. The first kappa shape index (κ1) is 15.7. The van der Waals surface area contributed by atoms with Crippen LogP contribution in [0, 0.1) is 5.82 Å². The van der Waals surface area contributed by atoms with Gasteiger partial charge in [0.1, 0.15) is 11.6 Å². The van der Waals surface area contributed by atoms with Gasteiger partial charge in [0.05, 0.1) is 23.9 Å². The van der Waals surface area contributed by atoms with Gasteiger partial charge in [-0.3, -0.25) is 4.98 Å². The van der Waals surface area contributed by atoms with Crippen LogP contribution in [0.3, 0.4) is 0 Å². The first-order chi connectivity index (χ1) is 10.1. The topological polar surface area (TPSA) is 42.4 Å². The summed E-state index contributed by atoms with van der Waals surface area (Å²) in [6.45, 7) is 2.60. The third kappa shape index (κ3) is 4.16. The first-order valence-electron chi connectivity index (χ1n) is 6.80. The van der Waals surface area contributed by atoms with Gasteiger partial charge in [-0.15, -0.1) is 0 Å². The van der Waals surface area contributed by atoms with E-state index in [4.69, 9.17) is 16.3 Å². The standard InChI is InChI=1S/C16H17ClFNO2/c1-2-6-21-13-7-12(9-19-10-13)15(20)8-11-4-3-5-14(17)16(11)18/h3-5,7,9-10,15,20H,2,6,8H2,1H3. The van der Waals surface area contributed by atoms with Crippen LogP contribution < -0.4 is 4.74 Å². The van der Waals surface area contributed by atoms with Crippen LogP contribution in [0.2, 0.25) is 5.02 Å². The number of benzene rings is 1. The van der Waals surface area contributed by atoms with E-state index < -0.39 is 11.9 Å². The molecule has 1 heterocycles. The summed E-state index contributed by atoms with van der Waals surface area (Å²) in [6.07, 6.45) is 3.29. The average molecular weight is 310 g/mol. The second-order valence-corrected chi connectivity index (χ2v) is 5.14. The molecular formula is C16H17ClFNO2. The zero-order valence-electron chi connectivity index (χ0n) is 11.7. The van der Waals surface area contributed by atoms with Gasteiger partial charge in [-0.25, -0.2) is 4.39 Å². The van der Waals surface area contributed by atoms with E-state index >= 15 is 0 Å². The monoisotopic (exact) mass is 309 g/mol. The minimum atomic E-state index is -0.865. The van der Waals surface area contributed by atoms with Gasteiger partial charge in [0.25, 0.3) is 0 Å². The van der Waals surface area contributed by atoms with Gasteiger partial charge in [0, 0.05) is 18.2 Å². The lowest BCUT2D eigenvalue weighted by atomic mass is 10.0. The van der Waals surface area contributed by atoms with Gasteiger partial charge < -0.3 is 9.84 Å². The highest BCUT2D eigenvalue weighted by molar-refractivity contribution is 6.30. The lowest BCUT2D eigenvalue weighted by Crippen LogP contribution is -2.05. The van der Waals surface area contributed by atoms with Crippen LogP contribution in [-0.2, 0) is 6.42 Å². The van der Waals surface area contributed by atoms with Gasteiger partial charge in [-0.05, 0) is 24.1 Å². The molecule has 0 aliphatic carbocycles. The summed E-state index contributed by atoms with van der Waals surface area (Å²) in [5.41, 5.74) is 0.956. The Morgan fingerprint density at radius 3 is 2.95 bits per heavy atom. The number of ether oxygens (including phenoxy) is 1. The fourth-order valence-electron chi connectivity index (χ4n) is 1.95. The van der Waals surface area contributed by atoms with Crippen molar-refractivity contribution in [2.24, 2.45) is 0 Å². The largest absolute Gasteiger partial charge is 0.492 e. The molecule has 0 bridgehead atoms. The number of aromatic nitrogens is 1. The number of pyridine rings is 1. The van der Waals surface area contributed by atoms with Crippen LogP contribution in [-0.4, -0.2) is 16.7 Å². The van der Waals surface area contributed by atoms with Crippen LogP contribution >= 0.6 is 11.6 Å². The lowest BCUT2D eigenvalue weighted by molar-refractivity contribution is 0.176. The molecule has 3 nitrogen and oxygen atoms in total. The fraction of sp³-hybridized carbons (Fsp3) is 0.312. The lowest BCUT2D eigenvalue weighted by Gasteiger charge is -2.13. The molecule has 2 rings (SSSR count). The summed E-state index contributed by atoms with van der Waals surface area (Å²) in [5.74, 6) is 0.101. The van der Waals surface area contributed by atoms with Crippen LogP contribution in [0.4, 0.5) is 4.39 Å². The molecule has 112 valence electrons. The highest BCUT2D eigenvalue weighted by Gasteiger charge is 2.14. The molecule has 0 aliphatic heterocycles. The van der Waals surface area contributed by atoms with Crippen molar-refractivity contribution < 1.29 is 14.2 Å². The second-order valence-electron chi connectivity index (χ2n) is 4.74. The molecule has 1 aromatic heterocycles. The predicted molar refractivity (Wildman–Crippen MR) is 80.1 cm³/mol. The zero-order chi connectivity index (χ0) is 15.2. The number of aliphatic hydroxyl groups excluding tert-OH is 1. The Labute approximate surface area is 128 Å². The Morgan fingerprint density at radius 1 is 1.38 bits per heavy atom. The van der Waals surface area contributed by atoms with Crippen LogP contribution in [0.15, 0.2) is 36.7 Å². The maximum atomic E-state index is 13.8. The van der Waals surface area contributed by atoms with Crippen LogP contribution in [0.25, 0.3) is 0 Å². The fourth-order valence-corrected chi connectivity index (χ4v) is 2.14. The molecule has 5 heteroatoms.